The van der Waals surface area contributed by atoms with Crippen LogP contribution in [0.5, 0.6) is 11.5 Å². The topological polar surface area (TPSA) is 47.6 Å². The molecule has 0 spiro atoms. The second-order valence-electron chi connectivity index (χ2n) is 5.53. The fourth-order valence-electron chi connectivity index (χ4n) is 2.07. The average molecular weight is 313 g/mol. The molecule has 1 amide bonds. The van der Waals surface area contributed by atoms with Gasteiger partial charge >= 0.3 is 0 Å². The van der Waals surface area contributed by atoms with Crippen molar-refractivity contribution in [1.29, 1.82) is 0 Å². The van der Waals surface area contributed by atoms with Crippen molar-refractivity contribution in [3.8, 4) is 11.5 Å². The van der Waals surface area contributed by atoms with Gasteiger partial charge in [0.25, 0.3) is 5.91 Å². The van der Waals surface area contributed by atoms with Gasteiger partial charge in [0, 0.05) is 0 Å². The lowest BCUT2D eigenvalue weighted by Gasteiger charge is -2.15. The second kappa shape index (κ2) is 8.22. The van der Waals surface area contributed by atoms with Crippen LogP contribution in [0.2, 0.25) is 0 Å². The first-order valence-electron chi connectivity index (χ1n) is 7.75. The molecule has 0 heterocycles. The third-order valence-electron chi connectivity index (χ3n) is 3.36. The molecule has 0 bridgehead atoms. The number of ether oxygens (including phenoxy) is 2. The van der Waals surface area contributed by atoms with E-state index >= 15 is 0 Å². The molecule has 2 aromatic rings. The van der Waals surface area contributed by atoms with E-state index in [1.54, 1.807) is 6.92 Å². The molecular weight excluding hydrogens is 290 g/mol. The maximum absolute atomic E-state index is 12.0. The molecule has 4 heteroatoms. The Morgan fingerprint density at radius 1 is 1.04 bits per heavy atom. The molecule has 2 rings (SSSR count). The summed E-state index contributed by atoms with van der Waals surface area (Å²) in [5.74, 6) is 1.34. The van der Waals surface area contributed by atoms with Gasteiger partial charge in [0.05, 0.1) is 6.54 Å². The van der Waals surface area contributed by atoms with Gasteiger partial charge in [-0.2, -0.15) is 0 Å². The van der Waals surface area contributed by atoms with E-state index in [1.807, 2.05) is 62.4 Å². The molecule has 0 fully saturated rings. The first-order valence-corrected chi connectivity index (χ1v) is 7.75. The lowest BCUT2D eigenvalue weighted by atomic mass is 10.2. The minimum atomic E-state index is -0.545. The Kier molecular flexibility index (Phi) is 6.03. The SMILES string of the molecule is Cc1ccc(OC(C)C(=O)NCCOc2cccc(C)c2)cc1. The highest BCUT2D eigenvalue weighted by Gasteiger charge is 2.13. The second-order valence-corrected chi connectivity index (χ2v) is 5.53. The molecule has 1 unspecified atom stereocenters. The van der Waals surface area contributed by atoms with Gasteiger partial charge in [-0.15, -0.1) is 0 Å². The van der Waals surface area contributed by atoms with Gasteiger partial charge in [-0.3, -0.25) is 4.79 Å². The largest absolute Gasteiger partial charge is 0.492 e. The summed E-state index contributed by atoms with van der Waals surface area (Å²) in [7, 11) is 0. The maximum Gasteiger partial charge on any atom is 0.260 e. The summed E-state index contributed by atoms with van der Waals surface area (Å²) in [6, 6.07) is 15.5. The zero-order chi connectivity index (χ0) is 16.7. The molecule has 122 valence electrons. The Hall–Kier alpha value is -2.49. The maximum atomic E-state index is 12.0. The minimum absolute atomic E-state index is 0.154. The van der Waals surface area contributed by atoms with Crippen LogP contribution >= 0.6 is 0 Å². The van der Waals surface area contributed by atoms with E-state index < -0.39 is 6.10 Å². The molecule has 1 N–H and O–H groups in total. The number of carbonyl (C=O) groups is 1. The van der Waals surface area contributed by atoms with E-state index in [0.29, 0.717) is 18.9 Å². The Balaban J connectivity index is 1.70. The lowest BCUT2D eigenvalue weighted by Crippen LogP contribution is -2.38. The summed E-state index contributed by atoms with van der Waals surface area (Å²) in [5.41, 5.74) is 2.30. The summed E-state index contributed by atoms with van der Waals surface area (Å²) in [6.07, 6.45) is -0.545. The predicted octanol–water partition coefficient (Wildman–Crippen LogP) is 3.27. The quantitative estimate of drug-likeness (QED) is 0.798. The molecule has 1 atom stereocenters. The Morgan fingerprint density at radius 2 is 1.78 bits per heavy atom. The van der Waals surface area contributed by atoms with Gasteiger partial charge in [0.15, 0.2) is 6.10 Å². The Morgan fingerprint density at radius 3 is 2.48 bits per heavy atom. The number of hydrogen-bond acceptors (Lipinski definition) is 3. The zero-order valence-electron chi connectivity index (χ0n) is 13.8. The summed E-state index contributed by atoms with van der Waals surface area (Å²) >= 11 is 0. The Labute approximate surface area is 137 Å². The summed E-state index contributed by atoms with van der Waals surface area (Å²) in [6.45, 7) is 6.62. The molecule has 0 saturated carbocycles. The van der Waals surface area contributed by atoms with Gasteiger partial charge in [-0.25, -0.2) is 0 Å². The first-order chi connectivity index (χ1) is 11.0. The van der Waals surface area contributed by atoms with Crippen LogP contribution in [-0.4, -0.2) is 25.2 Å². The third kappa shape index (κ3) is 5.66. The van der Waals surface area contributed by atoms with Crippen LogP contribution in [-0.2, 0) is 4.79 Å². The summed E-state index contributed by atoms with van der Waals surface area (Å²) in [5, 5.41) is 2.81. The molecule has 0 saturated heterocycles. The van der Waals surface area contributed by atoms with Crippen molar-refractivity contribution in [3.63, 3.8) is 0 Å². The van der Waals surface area contributed by atoms with E-state index in [2.05, 4.69) is 5.32 Å². The van der Waals surface area contributed by atoms with E-state index in [-0.39, 0.29) is 5.91 Å². The Bertz CT molecular complexity index is 637. The molecule has 0 aliphatic carbocycles. The fraction of sp³-hybridized carbons (Fsp3) is 0.316. The summed E-state index contributed by atoms with van der Waals surface area (Å²) in [4.78, 5) is 12.0. The third-order valence-corrected chi connectivity index (χ3v) is 3.36. The van der Waals surface area contributed by atoms with Crippen LogP contribution < -0.4 is 14.8 Å². The predicted molar refractivity (Wildman–Crippen MR) is 91.0 cm³/mol. The number of carbonyl (C=O) groups excluding carboxylic acids is 1. The van der Waals surface area contributed by atoms with E-state index in [1.165, 1.54) is 0 Å². The van der Waals surface area contributed by atoms with Crippen molar-refractivity contribution in [2.45, 2.75) is 26.9 Å². The molecule has 0 aromatic heterocycles. The first kappa shape index (κ1) is 16.9. The van der Waals surface area contributed by atoms with Gasteiger partial charge < -0.3 is 14.8 Å². The highest BCUT2D eigenvalue weighted by Crippen LogP contribution is 2.13. The lowest BCUT2D eigenvalue weighted by molar-refractivity contribution is -0.127. The number of aryl methyl sites for hydroxylation is 2. The molecule has 2 aromatic carbocycles. The average Bonchev–Trinajstić information content (AvgIpc) is 2.53. The number of rotatable bonds is 7. The fourth-order valence-corrected chi connectivity index (χ4v) is 2.07. The van der Waals surface area contributed by atoms with Crippen molar-refractivity contribution in [2.24, 2.45) is 0 Å². The van der Waals surface area contributed by atoms with Crippen LogP contribution in [0, 0.1) is 13.8 Å². The van der Waals surface area contributed by atoms with Gasteiger partial charge in [-0.05, 0) is 50.6 Å². The standard InChI is InChI=1S/C19H23NO3/c1-14-7-9-17(10-8-14)23-16(3)19(21)20-11-12-22-18-6-4-5-15(2)13-18/h4-10,13,16H,11-12H2,1-3H3,(H,20,21). The number of hydrogen-bond donors (Lipinski definition) is 1. The number of nitrogens with one attached hydrogen (secondary N) is 1. The van der Waals surface area contributed by atoms with E-state index in [0.717, 1.165) is 16.9 Å². The van der Waals surface area contributed by atoms with Crippen LogP contribution in [0.15, 0.2) is 48.5 Å². The molecule has 0 radical (unpaired) electrons. The van der Waals surface area contributed by atoms with Crippen molar-refractivity contribution in [1.82, 2.24) is 5.32 Å². The highest BCUT2D eigenvalue weighted by molar-refractivity contribution is 5.80. The van der Waals surface area contributed by atoms with Crippen molar-refractivity contribution in [2.75, 3.05) is 13.2 Å². The van der Waals surface area contributed by atoms with Gasteiger partial charge in [0.2, 0.25) is 0 Å². The van der Waals surface area contributed by atoms with Gasteiger partial charge in [0.1, 0.15) is 18.1 Å². The van der Waals surface area contributed by atoms with Crippen molar-refractivity contribution in [3.05, 3.63) is 59.7 Å². The highest BCUT2D eigenvalue weighted by atomic mass is 16.5. The number of benzene rings is 2. The van der Waals surface area contributed by atoms with Crippen LogP contribution in [0.25, 0.3) is 0 Å². The minimum Gasteiger partial charge on any atom is -0.492 e. The van der Waals surface area contributed by atoms with Gasteiger partial charge in [-0.1, -0.05) is 29.8 Å². The summed E-state index contributed by atoms with van der Waals surface area (Å²) < 4.78 is 11.2. The monoisotopic (exact) mass is 313 g/mol. The molecule has 0 aliphatic rings. The van der Waals surface area contributed by atoms with E-state index in [9.17, 15) is 4.79 Å². The molecule has 0 aliphatic heterocycles. The van der Waals surface area contributed by atoms with Crippen LogP contribution in [0.1, 0.15) is 18.1 Å². The molecule has 4 nitrogen and oxygen atoms in total. The van der Waals surface area contributed by atoms with Crippen molar-refractivity contribution >= 4 is 5.91 Å². The van der Waals surface area contributed by atoms with E-state index in [4.69, 9.17) is 9.47 Å². The smallest absolute Gasteiger partial charge is 0.260 e. The normalized spacial score (nSPS) is 11.6. The number of amides is 1. The molecule has 23 heavy (non-hydrogen) atoms. The molecular formula is C19H23NO3. The van der Waals surface area contributed by atoms with Crippen LogP contribution in [0.3, 0.4) is 0 Å². The van der Waals surface area contributed by atoms with Crippen molar-refractivity contribution < 1.29 is 14.3 Å². The van der Waals surface area contributed by atoms with Crippen LogP contribution in [0.4, 0.5) is 0 Å². The zero-order valence-corrected chi connectivity index (χ0v) is 13.8.